The summed E-state index contributed by atoms with van der Waals surface area (Å²) in [6.07, 6.45) is 0.426. The summed E-state index contributed by atoms with van der Waals surface area (Å²) in [5.41, 5.74) is 0.994. The van der Waals surface area contributed by atoms with Gasteiger partial charge in [0.15, 0.2) is 0 Å². The number of piperazine rings is 1. The van der Waals surface area contributed by atoms with Gasteiger partial charge in [-0.2, -0.15) is 0 Å². The summed E-state index contributed by atoms with van der Waals surface area (Å²) < 4.78 is 5.19. The molecule has 1 N–H and O–H groups in total. The summed E-state index contributed by atoms with van der Waals surface area (Å²) in [4.78, 5) is 16.5. The molecule has 1 aliphatic heterocycles. The largest absolute Gasteiger partial charge is 0.497 e. The maximum atomic E-state index is 12.2. The lowest BCUT2D eigenvalue weighted by Crippen LogP contribution is -2.46. The Morgan fingerprint density at radius 3 is 2.86 bits per heavy atom. The maximum Gasteiger partial charge on any atom is 0.226 e. The van der Waals surface area contributed by atoms with Gasteiger partial charge >= 0.3 is 0 Å². The number of amides is 1. The summed E-state index contributed by atoms with van der Waals surface area (Å²) >= 11 is 0. The number of carbonyl (C=O) groups is 1. The van der Waals surface area contributed by atoms with Crippen LogP contribution in [0.2, 0.25) is 0 Å². The van der Waals surface area contributed by atoms with Crippen molar-refractivity contribution in [2.75, 3.05) is 53.4 Å². The highest BCUT2D eigenvalue weighted by atomic mass is 16.5. The minimum Gasteiger partial charge on any atom is -0.497 e. The third kappa shape index (κ3) is 5.02. The SMILES string of the molecule is COc1cccc(CC(=O)N(C)CCN2CCNCC2)c1. The molecule has 5 heteroatoms. The van der Waals surface area contributed by atoms with Crippen LogP contribution in [-0.4, -0.2) is 69.1 Å². The van der Waals surface area contributed by atoms with E-state index in [1.165, 1.54) is 0 Å². The molecule has 1 fully saturated rings. The zero-order valence-corrected chi connectivity index (χ0v) is 13.0. The number of benzene rings is 1. The number of nitrogens with one attached hydrogen (secondary N) is 1. The van der Waals surface area contributed by atoms with E-state index in [-0.39, 0.29) is 5.91 Å². The molecule has 2 rings (SSSR count). The number of carbonyl (C=O) groups excluding carboxylic acids is 1. The second-order valence-corrected chi connectivity index (χ2v) is 5.44. The van der Waals surface area contributed by atoms with E-state index in [0.717, 1.165) is 50.6 Å². The summed E-state index contributed by atoms with van der Waals surface area (Å²) in [6.45, 7) is 5.95. The van der Waals surface area contributed by atoms with Crippen LogP contribution in [0.3, 0.4) is 0 Å². The van der Waals surface area contributed by atoms with Crippen molar-refractivity contribution in [3.05, 3.63) is 29.8 Å². The van der Waals surface area contributed by atoms with Crippen LogP contribution in [0.5, 0.6) is 5.75 Å². The van der Waals surface area contributed by atoms with E-state index in [0.29, 0.717) is 6.42 Å². The number of hydrogen-bond donors (Lipinski definition) is 1. The van der Waals surface area contributed by atoms with Gasteiger partial charge < -0.3 is 15.0 Å². The van der Waals surface area contributed by atoms with Crippen molar-refractivity contribution in [1.29, 1.82) is 0 Å². The first kappa shape index (κ1) is 15.8. The zero-order valence-electron chi connectivity index (χ0n) is 13.0. The predicted octanol–water partition coefficient (Wildman–Crippen LogP) is 0.601. The Bertz CT molecular complexity index is 459. The summed E-state index contributed by atoms with van der Waals surface area (Å²) in [5.74, 6) is 0.946. The van der Waals surface area contributed by atoms with Crippen molar-refractivity contribution in [3.63, 3.8) is 0 Å². The van der Waals surface area contributed by atoms with Crippen LogP contribution in [-0.2, 0) is 11.2 Å². The number of likely N-dealkylation sites (N-methyl/N-ethyl adjacent to an activating group) is 1. The number of hydrogen-bond acceptors (Lipinski definition) is 4. The van der Waals surface area contributed by atoms with Crippen LogP contribution in [0.4, 0.5) is 0 Å². The normalized spacial score (nSPS) is 15.7. The Kier molecular flexibility index (Phi) is 6.02. The molecule has 1 heterocycles. The molecule has 0 unspecified atom stereocenters. The second kappa shape index (κ2) is 8.00. The summed E-state index contributed by atoms with van der Waals surface area (Å²) in [5, 5.41) is 3.33. The smallest absolute Gasteiger partial charge is 0.226 e. The Hall–Kier alpha value is -1.59. The van der Waals surface area contributed by atoms with Gasteiger partial charge in [-0.15, -0.1) is 0 Å². The Labute approximate surface area is 126 Å². The minimum atomic E-state index is 0.151. The van der Waals surface area contributed by atoms with Gasteiger partial charge in [0.05, 0.1) is 13.5 Å². The van der Waals surface area contributed by atoms with Gasteiger partial charge in [-0.3, -0.25) is 9.69 Å². The van der Waals surface area contributed by atoms with Crippen LogP contribution >= 0.6 is 0 Å². The molecule has 116 valence electrons. The van der Waals surface area contributed by atoms with Gasteiger partial charge in [0.2, 0.25) is 5.91 Å². The van der Waals surface area contributed by atoms with E-state index in [4.69, 9.17) is 4.74 Å². The Morgan fingerprint density at radius 2 is 2.14 bits per heavy atom. The average molecular weight is 291 g/mol. The third-order valence-electron chi connectivity index (χ3n) is 3.88. The summed E-state index contributed by atoms with van der Waals surface area (Å²) in [6, 6.07) is 7.69. The van der Waals surface area contributed by atoms with Crippen molar-refractivity contribution in [2.45, 2.75) is 6.42 Å². The second-order valence-electron chi connectivity index (χ2n) is 5.44. The van der Waals surface area contributed by atoms with E-state index in [2.05, 4.69) is 10.2 Å². The highest BCUT2D eigenvalue weighted by molar-refractivity contribution is 5.78. The molecule has 0 saturated carbocycles. The topological polar surface area (TPSA) is 44.8 Å². The molecule has 1 aliphatic rings. The molecule has 21 heavy (non-hydrogen) atoms. The Balaban J connectivity index is 1.78. The van der Waals surface area contributed by atoms with Gasteiger partial charge in [-0.05, 0) is 17.7 Å². The highest BCUT2D eigenvalue weighted by Gasteiger charge is 2.13. The average Bonchev–Trinajstić information content (AvgIpc) is 2.53. The van der Waals surface area contributed by atoms with Crippen molar-refractivity contribution < 1.29 is 9.53 Å². The third-order valence-corrected chi connectivity index (χ3v) is 3.88. The predicted molar refractivity (Wildman–Crippen MR) is 83.6 cm³/mol. The molecular weight excluding hydrogens is 266 g/mol. The van der Waals surface area contributed by atoms with Crippen molar-refractivity contribution in [2.24, 2.45) is 0 Å². The van der Waals surface area contributed by atoms with Gasteiger partial charge in [-0.1, -0.05) is 12.1 Å². The lowest BCUT2D eigenvalue weighted by atomic mass is 10.1. The molecule has 1 saturated heterocycles. The van der Waals surface area contributed by atoms with Crippen LogP contribution < -0.4 is 10.1 Å². The number of ether oxygens (including phenoxy) is 1. The molecule has 0 atom stereocenters. The van der Waals surface area contributed by atoms with Crippen LogP contribution in [0.1, 0.15) is 5.56 Å². The fraction of sp³-hybridized carbons (Fsp3) is 0.562. The minimum absolute atomic E-state index is 0.151. The van der Waals surface area contributed by atoms with Crippen molar-refractivity contribution in [3.8, 4) is 5.75 Å². The monoisotopic (exact) mass is 291 g/mol. The molecule has 0 aromatic heterocycles. The summed E-state index contributed by atoms with van der Waals surface area (Å²) in [7, 11) is 3.52. The van der Waals surface area contributed by atoms with Gasteiger partial charge in [-0.25, -0.2) is 0 Å². The molecule has 1 aromatic rings. The van der Waals surface area contributed by atoms with E-state index < -0.39 is 0 Å². The first-order valence-corrected chi connectivity index (χ1v) is 7.49. The maximum absolute atomic E-state index is 12.2. The standard InChI is InChI=1S/C16H25N3O2/c1-18(10-11-19-8-6-17-7-9-19)16(20)13-14-4-3-5-15(12-14)21-2/h3-5,12,17H,6-11,13H2,1-2H3. The highest BCUT2D eigenvalue weighted by Crippen LogP contribution is 2.13. The van der Waals surface area contributed by atoms with Gasteiger partial charge in [0.1, 0.15) is 5.75 Å². The van der Waals surface area contributed by atoms with E-state index in [1.807, 2.05) is 36.2 Å². The molecule has 1 aromatic carbocycles. The fourth-order valence-corrected chi connectivity index (χ4v) is 2.44. The van der Waals surface area contributed by atoms with Crippen LogP contribution in [0.25, 0.3) is 0 Å². The van der Waals surface area contributed by atoms with E-state index in [1.54, 1.807) is 7.11 Å². The Morgan fingerprint density at radius 1 is 1.38 bits per heavy atom. The quantitative estimate of drug-likeness (QED) is 0.834. The molecule has 0 radical (unpaired) electrons. The van der Waals surface area contributed by atoms with Gasteiger partial charge in [0.25, 0.3) is 0 Å². The molecule has 5 nitrogen and oxygen atoms in total. The lowest BCUT2D eigenvalue weighted by molar-refractivity contribution is -0.129. The van der Waals surface area contributed by atoms with Gasteiger partial charge in [0, 0.05) is 46.3 Å². The first-order chi connectivity index (χ1) is 10.2. The number of nitrogens with zero attached hydrogens (tertiary/aromatic N) is 2. The zero-order chi connectivity index (χ0) is 15.1. The van der Waals surface area contributed by atoms with E-state index >= 15 is 0 Å². The number of methoxy groups -OCH3 is 1. The fourth-order valence-electron chi connectivity index (χ4n) is 2.44. The molecule has 0 aliphatic carbocycles. The lowest BCUT2D eigenvalue weighted by Gasteiger charge is -2.29. The molecule has 0 bridgehead atoms. The van der Waals surface area contributed by atoms with Crippen LogP contribution in [0, 0.1) is 0 Å². The first-order valence-electron chi connectivity index (χ1n) is 7.49. The van der Waals surface area contributed by atoms with Crippen LogP contribution in [0.15, 0.2) is 24.3 Å². The van der Waals surface area contributed by atoms with Crippen molar-refractivity contribution >= 4 is 5.91 Å². The van der Waals surface area contributed by atoms with E-state index in [9.17, 15) is 4.79 Å². The molecular formula is C16H25N3O2. The molecule has 1 amide bonds. The molecule has 0 spiro atoms. The van der Waals surface area contributed by atoms with Crippen molar-refractivity contribution in [1.82, 2.24) is 15.1 Å². The number of rotatable bonds is 6.